The predicted octanol–water partition coefficient (Wildman–Crippen LogP) is 2.53. The number of thiocarbonyl (C=S) groups is 1. The van der Waals surface area contributed by atoms with Crippen LogP contribution >= 0.6 is 12.2 Å². The van der Waals surface area contributed by atoms with E-state index in [1.54, 1.807) is 0 Å². The number of carbonyl (C=O) groups is 1. The average Bonchev–Trinajstić information content (AvgIpc) is 2.46. The van der Waals surface area contributed by atoms with Crippen LogP contribution < -0.4 is 5.73 Å². The van der Waals surface area contributed by atoms with Gasteiger partial charge in [0.25, 0.3) is 5.91 Å². The summed E-state index contributed by atoms with van der Waals surface area (Å²) >= 11 is 5.11. The molecular weight excluding hydrogens is 256 g/mol. The van der Waals surface area contributed by atoms with Crippen molar-refractivity contribution in [3.8, 4) is 0 Å². The molecular formula is C15H20N2OS. The molecule has 1 unspecified atom stereocenters. The van der Waals surface area contributed by atoms with Crippen molar-refractivity contribution in [1.82, 2.24) is 4.90 Å². The quantitative estimate of drug-likeness (QED) is 0.863. The predicted molar refractivity (Wildman–Crippen MR) is 81.3 cm³/mol. The SMILES string of the molecule is CCc1ccccc1C(=O)N1CCCCC1C(N)=S. The largest absolute Gasteiger partial charge is 0.392 e. The van der Waals surface area contributed by atoms with Crippen molar-refractivity contribution >= 4 is 23.1 Å². The molecule has 1 aromatic rings. The van der Waals surface area contributed by atoms with Crippen molar-refractivity contribution in [2.75, 3.05) is 6.54 Å². The van der Waals surface area contributed by atoms with E-state index < -0.39 is 0 Å². The van der Waals surface area contributed by atoms with Gasteiger partial charge in [-0.15, -0.1) is 0 Å². The van der Waals surface area contributed by atoms with Gasteiger partial charge in [-0.25, -0.2) is 0 Å². The van der Waals surface area contributed by atoms with Crippen LogP contribution in [0.25, 0.3) is 0 Å². The third-order valence-corrected chi connectivity index (χ3v) is 3.99. The summed E-state index contributed by atoms with van der Waals surface area (Å²) in [6.45, 7) is 2.81. The molecule has 1 fully saturated rings. The molecule has 1 aliphatic heterocycles. The first-order valence-corrected chi connectivity index (χ1v) is 7.24. The Morgan fingerprint density at radius 3 is 2.84 bits per heavy atom. The summed E-state index contributed by atoms with van der Waals surface area (Å²) in [5, 5.41) is 0. The number of likely N-dealkylation sites (tertiary alicyclic amines) is 1. The highest BCUT2D eigenvalue weighted by Crippen LogP contribution is 2.21. The first-order chi connectivity index (χ1) is 9.15. The Morgan fingerprint density at radius 2 is 2.16 bits per heavy atom. The molecule has 1 aromatic carbocycles. The van der Waals surface area contributed by atoms with Crippen molar-refractivity contribution in [3.05, 3.63) is 35.4 Å². The Labute approximate surface area is 119 Å². The Kier molecular flexibility index (Phi) is 4.53. The van der Waals surface area contributed by atoms with Crippen LogP contribution in [0.2, 0.25) is 0 Å². The standard InChI is InChI=1S/C15H20N2OS/c1-2-11-7-3-4-8-12(11)15(18)17-10-6-5-9-13(17)14(16)19/h3-4,7-8,13H,2,5-6,9-10H2,1H3,(H2,16,19). The minimum absolute atomic E-state index is 0.0648. The van der Waals surface area contributed by atoms with Gasteiger partial charge >= 0.3 is 0 Å². The summed E-state index contributed by atoms with van der Waals surface area (Å²) < 4.78 is 0. The zero-order chi connectivity index (χ0) is 13.8. The maximum absolute atomic E-state index is 12.7. The minimum atomic E-state index is -0.0823. The lowest BCUT2D eigenvalue weighted by molar-refractivity contribution is 0.0680. The highest BCUT2D eigenvalue weighted by molar-refractivity contribution is 7.80. The van der Waals surface area contributed by atoms with Gasteiger partial charge in [0.2, 0.25) is 0 Å². The fourth-order valence-electron chi connectivity index (χ4n) is 2.66. The molecule has 0 aliphatic carbocycles. The van der Waals surface area contributed by atoms with Crippen LogP contribution in [0.1, 0.15) is 42.1 Å². The molecule has 1 aliphatic rings. The van der Waals surface area contributed by atoms with Gasteiger partial charge in [-0.3, -0.25) is 4.79 Å². The van der Waals surface area contributed by atoms with E-state index in [0.29, 0.717) is 4.99 Å². The third-order valence-electron chi connectivity index (χ3n) is 3.72. The van der Waals surface area contributed by atoms with E-state index in [4.69, 9.17) is 18.0 Å². The fourth-order valence-corrected chi connectivity index (χ4v) is 2.91. The van der Waals surface area contributed by atoms with Crippen LogP contribution in [0.5, 0.6) is 0 Å². The van der Waals surface area contributed by atoms with Gasteiger partial charge in [-0.1, -0.05) is 37.3 Å². The number of benzene rings is 1. The monoisotopic (exact) mass is 276 g/mol. The number of nitrogens with two attached hydrogens (primary N) is 1. The van der Waals surface area contributed by atoms with Crippen LogP contribution in [-0.4, -0.2) is 28.4 Å². The van der Waals surface area contributed by atoms with E-state index in [9.17, 15) is 4.79 Å². The van der Waals surface area contributed by atoms with Gasteiger partial charge < -0.3 is 10.6 Å². The van der Waals surface area contributed by atoms with Crippen LogP contribution in [0.4, 0.5) is 0 Å². The maximum atomic E-state index is 12.7. The lowest BCUT2D eigenvalue weighted by atomic mass is 9.98. The van der Waals surface area contributed by atoms with Crippen molar-refractivity contribution in [2.24, 2.45) is 5.73 Å². The summed E-state index contributed by atoms with van der Waals surface area (Å²) in [6.07, 6.45) is 3.85. The number of carbonyl (C=O) groups excluding carboxylic acids is 1. The van der Waals surface area contributed by atoms with Crippen molar-refractivity contribution in [1.29, 1.82) is 0 Å². The molecule has 0 radical (unpaired) electrons. The number of hydrogen-bond acceptors (Lipinski definition) is 2. The molecule has 0 bridgehead atoms. The summed E-state index contributed by atoms with van der Waals surface area (Å²) in [5.41, 5.74) is 7.65. The molecule has 1 amide bonds. The molecule has 1 heterocycles. The number of rotatable bonds is 3. The summed E-state index contributed by atoms with van der Waals surface area (Å²) in [5.74, 6) is 0.0648. The number of piperidine rings is 1. The van der Waals surface area contributed by atoms with E-state index >= 15 is 0 Å². The Hall–Kier alpha value is -1.42. The third kappa shape index (κ3) is 2.95. The molecule has 2 N–H and O–H groups in total. The summed E-state index contributed by atoms with van der Waals surface area (Å²) in [7, 11) is 0. The highest BCUT2D eigenvalue weighted by atomic mass is 32.1. The van der Waals surface area contributed by atoms with E-state index in [-0.39, 0.29) is 11.9 Å². The zero-order valence-electron chi connectivity index (χ0n) is 11.3. The first kappa shape index (κ1) is 14.0. The van der Waals surface area contributed by atoms with Crippen molar-refractivity contribution < 1.29 is 4.79 Å². The van der Waals surface area contributed by atoms with E-state index in [1.165, 1.54) is 0 Å². The highest BCUT2D eigenvalue weighted by Gasteiger charge is 2.29. The molecule has 1 saturated heterocycles. The van der Waals surface area contributed by atoms with Gasteiger partial charge in [0.05, 0.1) is 11.0 Å². The summed E-state index contributed by atoms with van der Waals surface area (Å²) in [4.78, 5) is 15.0. The van der Waals surface area contributed by atoms with Crippen LogP contribution in [0, 0.1) is 0 Å². The van der Waals surface area contributed by atoms with E-state index in [0.717, 1.165) is 43.4 Å². The lowest BCUT2D eigenvalue weighted by Crippen LogP contribution is -2.50. The molecule has 3 nitrogen and oxygen atoms in total. The van der Waals surface area contributed by atoms with E-state index in [1.807, 2.05) is 29.2 Å². The Balaban J connectivity index is 2.29. The molecule has 4 heteroatoms. The van der Waals surface area contributed by atoms with Crippen LogP contribution in [0.15, 0.2) is 24.3 Å². The maximum Gasteiger partial charge on any atom is 0.254 e. The second-order valence-corrected chi connectivity index (χ2v) is 5.39. The van der Waals surface area contributed by atoms with Crippen molar-refractivity contribution in [3.63, 3.8) is 0 Å². The van der Waals surface area contributed by atoms with Gasteiger partial charge in [-0.2, -0.15) is 0 Å². The van der Waals surface area contributed by atoms with E-state index in [2.05, 4.69) is 6.92 Å². The van der Waals surface area contributed by atoms with Gasteiger partial charge in [-0.05, 0) is 37.3 Å². The second-order valence-electron chi connectivity index (χ2n) is 4.92. The topological polar surface area (TPSA) is 46.3 Å². The van der Waals surface area contributed by atoms with Gasteiger partial charge in [0, 0.05) is 12.1 Å². The zero-order valence-corrected chi connectivity index (χ0v) is 12.1. The minimum Gasteiger partial charge on any atom is -0.392 e. The smallest absolute Gasteiger partial charge is 0.254 e. The average molecular weight is 276 g/mol. The molecule has 0 saturated carbocycles. The molecule has 0 aromatic heterocycles. The molecule has 1 atom stereocenters. The van der Waals surface area contributed by atoms with Gasteiger partial charge in [0.15, 0.2) is 0 Å². The molecule has 19 heavy (non-hydrogen) atoms. The number of amides is 1. The molecule has 2 rings (SSSR count). The molecule has 0 spiro atoms. The number of aryl methyl sites for hydroxylation is 1. The number of nitrogens with zero attached hydrogens (tertiary/aromatic N) is 1. The van der Waals surface area contributed by atoms with Crippen LogP contribution in [-0.2, 0) is 6.42 Å². The lowest BCUT2D eigenvalue weighted by Gasteiger charge is -2.35. The normalized spacial score (nSPS) is 19.2. The van der Waals surface area contributed by atoms with Crippen molar-refractivity contribution in [2.45, 2.75) is 38.6 Å². The van der Waals surface area contributed by atoms with Crippen LogP contribution in [0.3, 0.4) is 0 Å². The molecule has 102 valence electrons. The first-order valence-electron chi connectivity index (χ1n) is 6.83. The number of hydrogen-bond donors (Lipinski definition) is 1. The fraction of sp³-hybridized carbons (Fsp3) is 0.467. The Morgan fingerprint density at radius 1 is 1.42 bits per heavy atom. The van der Waals surface area contributed by atoms with Gasteiger partial charge in [0.1, 0.15) is 0 Å². The Bertz CT molecular complexity index is 487. The summed E-state index contributed by atoms with van der Waals surface area (Å²) in [6, 6.07) is 7.70. The second kappa shape index (κ2) is 6.15.